The number of ether oxygens (including phenoxy) is 3. The van der Waals surface area contributed by atoms with Crippen LogP contribution in [-0.4, -0.2) is 72.1 Å². The molecule has 0 bridgehead atoms. The van der Waals surface area contributed by atoms with Crippen LogP contribution in [0.2, 0.25) is 0 Å². The van der Waals surface area contributed by atoms with Crippen LogP contribution in [0.15, 0.2) is 0 Å². The summed E-state index contributed by atoms with van der Waals surface area (Å²) < 4.78 is 30.8. The second-order valence-electron chi connectivity index (χ2n) is 7.36. The second-order valence-corrected chi connectivity index (χ2v) is 7.36. The van der Waals surface area contributed by atoms with Gasteiger partial charge in [0.05, 0.1) is 30.5 Å². The van der Waals surface area contributed by atoms with E-state index in [2.05, 4.69) is 10.6 Å². The van der Waals surface area contributed by atoms with Crippen LogP contribution < -0.4 is 10.6 Å². The number of alkyl halides is 1. The first kappa shape index (κ1) is 17.1. The molecule has 4 fully saturated rings. The zero-order valence-corrected chi connectivity index (χ0v) is 13.6. The summed E-state index contributed by atoms with van der Waals surface area (Å²) in [5.74, 6) is 0. The topological polar surface area (TPSA) is 95.5 Å². The highest BCUT2D eigenvalue weighted by Gasteiger charge is 2.46. The molecule has 2 aliphatic heterocycles. The van der Waals surface area contributed by atoms with Crippen LogP contribution in [0.4, 0.5) is 4.39 Å². The lowest BCUT2D eigenvalue weighted by atomic mass is 9.93. The van der Waals surface area contributed by atoms with Gasteiger partial charge in [0.25, 0.3) is 0 Å². The van der Waals surface area contributed by atoms with Gasteiger partial charge in [0.2, 0.25) is 0 Å². The van der Waals surface area contributed by atoms with Crippen LogP contribution in [0, 0.1) is 0 Å². The first-order chi connectivity index (χ1) is 11.6. The number of hydrogen-bond acceptors (Lipinski definition) is 7. The average molecular weight is 346 g/mol. The summed E-state index contributed by atoms with van der Waals surface area (Å²) in [6.45, 7) is 0.461. The van der Waals surface area contributed by atoms with Crippen molar-refractivity contribution >= 4 is 0 Å². The number of fused-ring (bicyclic) bond motifs is 1. The van der Waals surface area contributed by atoms with Crippen LogP contribution in [-0.2, 0) is 14.2 Å². The van der Waals surface area contributed by atoms with E-state index >= 15 is 0 Å². The maximum absolute atomic E-state index is 13.4. The number of halogens is 1. The van der Waals surface area contributed by atoms with Gasteiger partial charge in [-0.05, 0) is 25.7 Å². The van der Waals surface area contributed by atoms with E-state index in [4.69, 9.17) is 14.2 Å². The molecule has 0 amide bonds. The Morgan fingerprint density at radius 2 is 1.54 bits per heavy atom. The second kappa shape index (κ2) is 7.11. The van der Waals surface area contributed by atoms with Crippen LogP contribution in [0.5, 0.6) is 0 Å². The van der Waals surface area contributed by atoms with Crippen molar-refractivity contribution in [1.29, 1.82) is 0 Å². The molecule has 4 N–H and O–H groups in total. The fourth-order valence-corrected chi connectivity index (χ4v) is 4.02. The SMILES string of the molecule is OC1CC(OC2NCNC(OC3CCC4OC4C3)C2O)CCC1F. The predicted octanol–water partition coefficient (Wildman–Crippen LogP) is -0.246. The Hall–Kier alpha value is -0.350. The number of epoxide rings is 1. The lowest BCUT2D eigenvalue weighted by Crippen LogP contribution is -2.63. The van der Waals surface area contributed by atoms with Crippen molar-refractivity contribution in [3.8, 4) is 0 Å². The minimum atomic E-state index is -1.17. The predicted molar refractivity (Wildman–Crippen MR) is 81.7 cm³/mol. The van der Waals surface area contributed by atoms with E-state index in [1.54, 1.807) is 0 Å². The van der Waals surface area contributed by atoms with Gasteiger partial charge >= 0.3 is 0 Å². The molecule has 2 aliphatic carbocycles. The average Bonchev–Trinajstić information content (AvgIpc) is 3.33. The third-order valence-corrected chi connectivity index (χ3v) is 5.55. The van der Waals surface area contributed by atoms with Gasteiger partial charge in [-0.3, -0.25) is 10.6 Å². The molecule has 4 rings (SSSR count). The molecule has 138 valence electrons. The number of nitrogens with one attached hydrogen (secondary N) is 2. The van der Waals surface area contributed by atoms with E-state index in [0.29, 0.717) is 25.3 Å². The molecule has 0 radical (unpaired) electrons. The van der Waals surface area contributed by atoms with Crippen molar-refractivity contribution in [3.63, 3.8) is 0 Å². The summed E-state index contributed by atoms with van der Waals surface area (Å²) in [6, 6.07) is 0. The zero-order valence-electron chi connectivity index (χ0n) is 13.6. The Bertz CT molecular complexity index is 445. The third kappa shape index (κ3) is 3.75. The molecule has 2 saturated heterocycles. The maximum atomic E-state index is 13.4. The smallest absolute Gasteiger partial charge is 0.139 e. The van der Waals surface area contributed by atoms with E-state index in [-0.39, 0.29) is 25.0 Å². The van der Waals surface area contributed by atoms with Crippen molar-refractivity contribution < 1.29 is 28.8 Å². The van der Waals surface area contributed by atoms with Gasteiger partial charge < -0.3 is 24.4 Å². The molecule has 0 spiro atoms. The van der Waals surface area contributed by atoms with Crippen molar-refractivity contribution in [2.24, 2.45) is 0 Å². The van der Waals surface area contributed by atoms with Gasteiger partial charge in [-0.25, -0.2) is 4.39 Å². The van der Waals surface area contributed by atoms with Gasteiger partial charge in [0.1, 0.15) is 24.7 Å². The Morgan fingerprint density at radius 1 is 0.875 bits per heavy atom. The van der Waals surface area contributed by atoms with Gasteiger partial charge in [0.15, 0.2) is 0 Å². The van der Waals surface area contributed by atoms with Crippen molar-refractivity contribution in [2.45, 2.75) is 93.8 Å². The first-order valence-corrected chi connectivity index (χ1v) is 9.03. The molecule has 2 saturated carbocycles. The number of hydrogen-bond donors (Lipinski definition) is 4. The quantitative estimate of drug-likeness (QED) is 0.522. The summed E-state index contributed by atoms with van der Waals surface area (Å²) in [7, 11) is 0. The van der Waals surface area contributed by atoms with Crippen LogP contribution in [0.25, 0.3) is 0 Å². The summed E-state index contributed by atoms with van der Waals surface area (Å²) >= 11 is 0. The minimum absolute atomic E-state index is 0.0865. The van der Waals surface area contributed by atoms with E-state index < -0.39 is 30.8 Å². The fourth-order valence-electron chi connectivity index (χ4n) is 4.02. The molecule has 0 aromatic rings. The largest absolute Gasteiger partial charge is 0.390 e. The third-order valence-electron chi connectivity index (χ3n) is 5.55. The van der Waals surface area contributed by atoms with E-state index in [1.165, 1.54) is 0 Å². The maximum Gasteiger partial charge on any atom is 0.139 e. The standard InChI is InChI=1S/C16H27FN2O5/c17-10-3-1-8(5-11(10)20)22-15-14(21)16(19-7-18-15)23-9-2-4-12-13(6-9)24-12/h8-16,18-21H,1-7H2. The van der Waals surface area contributed by atoms with Crippen LogP contribution >= 0.6 is 0 Å². The normalized spacial score (nSPS) is 51.9. The molecule has 24 heavy (non-hydrogen) atoms. The van der Waals surface area contributed by atoms with Gasteiger partial charge in [-0.15, -0.1) is 0 Å². The molecule has 2 heterocycles. The van der Waals surface area contributed by atoms with E-state index in [9.17, 15) is 14.6 Å². The molecule has 7 nitrogen and oxygen atoms in total. The lowest BCUT2D eigenvalue weighted by molar-refractivity contribution is -0.193. The van der Waals surface area contributed by atoms with E-state index in [0.717, 1.165) is 19.3 Å². The molecular weight excluding hydrogens is 319 g/mol. The number of aliphatic hydroxyl groups is 2. The molecule has 9 unspecified atom stereocenters. The Kier molecular flexibility index (Phi) is 5.06. The van der Waals surface area contributed by atoms with E-state index in [1.807, 2.05) is 0 Å². The minimum Gasteiger partial charge on any atom is -0.390 e. The lowest BCUT2D eigenvalue weighted by Gasteiger charge is -2.40. The number of aliphatic hydroxyl groups excluding tert-OH is 2. The fraction of sp³-hybridized carbons (Fsp3) is 1.00. The molecule has 8 heteroatoms. The highest BCUT2D eigenvalue weighted by atomic mass is 19.1. The molecule has 0 aromatic heterocycles. The Morgan fingerprint density at radius 3 is 2.21 bits per heavy atom. The summed E-state index contributed by atoms with van der Waals surface area (Å²) in [5.41, 5.74) is 0. The molecule has 4 aliphatic rings. The van der Waals surface area contributed by atoms with Gasteiger partial charge in [-0.2, -0.15) is 0 Å². The molecule has 0 aromatic carbocycles. The van der Waals surface area contributed by atoms with Crippen molar-refractivity contribution in [3.05, 3.63) is 0 Å². The molecule has 9 atom stereocenters. The first-order valence-electron chi connectivity index (χ1n) is 9.03. The van der Waals surface area contributed by atoms with Crippen molar-refractivity contribution in [1.82, 2.24) is 10.6 Å². The Labute approximate surface area is 140 Å². The zero-order chi connectivity index (χ0) is 16.7. The number of rotatable bonds is 4. The van der Waals surface area contributed by atoms with Crippen LogP contribution in [0.1, 0.15) is 38.5 Å². The monoisotopic (exact) mass is 346 g/mol. The molecular formula is C16H27FN2O5. The highest BCUT2D eigenvalue weighted by molar-refractivity contribution is 4.93. The summed E-state index contributed by atoms with van der Waals surface area (Å²) in [5, 5.41) is 26.4. The Balaban J connectivity index is 1.28. The van der Waals surface area contributed by atoms with Gasteiger partial charge in [0, 0.05) is 19.5 Å². The van der Waals surface area contributed by atoms with Crippen molar-refractivity contribution in [2.75, 3.05) is 6.67 Å². The summed E-state index contributed by atoms with van der Waals surface area (Å²) in [4.78, 5) is 0. The summed E-state index contributed by atoms with van der Waals surface area (Å²) in [6.07, 6.45) is 0.396. The van der Waals surface area contributed by atoms with Gasteiger partial charge in [-0.1, -0.05) is 0 Å². The van der Waals surface area contributed by atoms with Crippen LogP contribution in [0.3, 0.4) is 0 Å². The highest BCUT2D eigenvalue weighted by Crippen LogP contribution is 2.38.